The van der Waals surface area contributed by atoms with E-state index in [1.165, 1.54) is 0 Å². The predicted molar refractivity (Wildman–Crippen MR) is 138 cm³/mol. The molecule has 4 rings (SSSR count). The molecule has 1 amide bonds. The SMILES string of the molecule is CCOC(=O)C1CCN(C(=O)CCCSc2nnc(-c3ccc(Cl)cc3)n2-c2ccccc2)CC1. The summed E-state index contributed by atoms with van der Waals surface area (Å²) in [6, 6.07) is 17.5. The minimum absolute atomic E-state index is 0.0891. The highest BCUT2D eigenvalue weighted by Gasteiger charge is 2.28. The molecule has 184 valence electrons. The number of carbonyl (C=O) groups excluding carboxylic acids is 2. The van der Waals surface area contributed by atoms with Crippen LogP contribution in [0.2, 0.25) is 5.02 Å². The lowest BCUT2D eigenvalue weighted by Crippen LogP contribution is -2.40. The summed E-state index contributed by atoms with van der Waals surface area (Å²) in [4.78, 5) is 26.4. The van der Waals surface area contributed by atoms with Crippen LogP contribution >= 0.6 is 23.4 Å². The van der Waals surface area contributed by atoms with E-state index >= 15 is 0 Å². The molecule has 0 N–H and O–H groups in total. The van der Waals surface area contributed by atoms with E-state index in [0.717, 1.165) is 34.4 Å². The third-order valence-electron chi connectivity index (χ3n) is 5.98. The zero-order chi connectivity index (χ0) is 24.6. The van der Waals surface area contributed by atoms with Crippen molar-refractivity contribution in [3.05, 3.63) is 59.6 Å². The summed E-state index contributed by atoms with van der Waals surface area (Å²) in [6.07, 6.45) is 2.56. The number of para-hydroxylation sites is 1. The van der Waals surface area contributed by atoms with Crippen molar-refractivity contribution in [2.75, 3.05) is 25.4 Å². The van der Waals surface area contributed by atoms with Crippen molar-refractivity contribution in [1.29, 1.82) is 0 Å². The van der Waals surface area contributed by atoms with E-state index in [0.29, 0.717) is 44.0 Å². The number of nitrogens with zero attached hydrogens (tertiary/aromatic N) is 4. The van der Waals surface area contributed by atoms with Crippen LogP contribution in [-0.2, 0) is 14.3 Å². The fraction of sp³-hybridized carbons (Fsp3) is 0.385. The molecule has 0 saturated carbocycles. The minimum atomic E-state index is -0.142. The molecule has 35 heavy (non-hydrogen) atoms. The van der Waals surface area contributed by atoms with Crippen LogP contribution in [0.5, 0.6) is 0 Å². The van der Waals surface area contributed by atoms with Gasteiger partial charge in [-0.05, 0) is 62.6 Å². The van der Waals surface area contributed by atoms with E-state index in [4.69, 9.17) is 16.3 Å². The molecular formula is C26H29ClN4O3S. The topological polar surface area (TPSA) is 77.3 Å². The van der Waals surface area contributed by atoms with Gasteiger partial charge in [0, 0.05) is 41.5 Å². The normalized spacial score (nSPS) is 14.2. The zero-order valence-electron chi connectivity index (χ0n) is 19.7. The standard InChI is InChI=1S/C26H29ClN4O3S/c1-2-34-25(33)20-14-16-30(17-15-20)23(32)9-6-18-35-26-29-28-24(19-10-12-21(27)13-11-19)31(26)22-7-4-3-5-8-22/h3-5,7-8,10-13,20H,2,6,9,14-18H2,1H3. The lowest BCUT2D eigenvalue weighted by Gasteiger charge is -2.31. The largest absolute Gasteiger partial charge is 0.466 e. The van der Waals surface area contributed by atoms with E-state index < -0.39 is 0 Å². The number of thioether (sulfide) groups is 1. The smallest absolute Gasteiger partial charge is 0.309 e. The summed E-state index contributed by atoms with van der Waals surface area (Å²) in [5, 5.41) is 10.3. The first-order valence-electron chi connectivity index (χ1n) is 11.9. The molecule has 0 unspecified atom stereocenters. The second kappa shape index (κ2) is 12.2. The minimum Gasteiger partial charge on any atom is -0.466 e. The van der Waals surface area contributed by atoms with Crippen LogP contribution in [-0.4, -0.2) is 57.0 Å². The second-order valence-electron chi connectivity index (χ2n) is 8.34. The van der Waals surface area contributed by atoms with Gasteiger partial charge in [0.2, 0.25) is 5.91 Å². The maximum atomic E-state index is 12.7. The molecule has 1 aromatic heterocycles. The Balaban J connectivity index is 1.34. The van der Waals surface area contributed by atoms with Crippen LogP contribution in [0.4, 0.5) is 0 Å². The van der Waals surface area contributed by atoms with Crippen LogP contribution in [0.25, 0.3) is 17.1 Å². The van der Waals surface area contributed by atoms with Crippen LogP contribution in [0, 0.1) is 5.92 Å². The number of aromatic nitrogens is 3. The van der Waals surface area contributed by atoms with E-state index in [9.17, 15) is 9.59 Å². The van der Waals surface area contributed by atoms with Crippen molar-refractivity contribution in [3.63, 3.8) is 0 Å². The van der Waals surface area contributed by atoms with Gasteiger partial charge < -0.3 is 9.64 Å². The number of hydrogen-bond donors (Lipinski definition) is 0. The van der Waals surface area contributed by atoms with Crippen molar-refractivity contribution >= 4 is 35.2 Å². The van der Waals surface area contributed by atoms with Gasteiger partial charge >= 0.3 is 5.97 Å². The van der Waals surface area contributed by atoms with Crippen molar-refractivity contribution in [3.8, 4) is 17.1 Å². The fourth-order valence-electron chi connectivity index (χ4n) is 4.13. The Labute approximate surface area is 214 Å². The van der Waals surface area contributed by atoms with Crippen LogP contribution in [0.15, 0.2) is 59.8 Å². The van der Waals surface area contributed by atoms with Gasteiger partial charge in [0.1, 0.15) is 0 Å². The number of benzene rings is 2. The van der Waals surface area contributed by atoms with Gasteiger partial charge in [0.05, 0.1) is 12.5 Å². The summed E-state index contributed by atoms with van der Waals surface area (Å²) in [5.41, 5.74) is 1.91. The summed E-state index contributed by atoms with van der Waals surface area (Å²) in [7, 11) is 0. The number of halogens is 1. The van der Waals surface area contributed by atoms with Crippen LogP contribution in [0.1, 0.15) is 32.6 Å². The summed E-state index contributed by atoms with van der Waals surface area (Å²) in [5.74, 6) is 1.40. The highest BCUT2D eigenvalue weighted by molar-refractivity contribution is 7.99. The van der Waals surface area contributed by atoms with Gasteiger partial charge in [-0.3, -0.25) is 14.2 Å². The van der Waals surface area contributed by atoms with Crippen LogP contribution < -0.4 is 0 Å². The Hall–Kier alpha value is -2.84. The molecule has 7 nitrogen and oxygen atoms in total. The molecular weight excluding hydrogens is 484 g/mol. The van der Waals surface area contributed by atoms with Crippen molar-refractivity contribution in [2.24, 2.45) is 5.92 Å². The predicted octanol–water partition coefficient (Wildman–Crippen LogP) is 5.26. The maximum Gasteiger partial charge on any atom is 0.309 e. The molecule has 0 bridgehead atoms. The molecule has 0 aliphatic carbocycles. The van der Waals surface area contributed by atoms with Crippen molar-refractivity contribution in [2.45, 2.75) is 37.8 Å². The van der Waals surface area contributed by atoms with Crippen LogP contribution in [0.3, 0.4) is 0 Å². The quantitative estimate of drug-likeness (QED) is 0.221. The van der Waals surface area contributed by atoms with Gasteiger partial charge in [0.25, 0.3) is 0 Å². The molecule has 1 aliphatic rings. The van der Waals surface area contributed by atoms with Gasteiger partial charge in [-0.25, -0.2) is 0 Å². The summed E-state index contributed by atoms with van der Waals surface area (Å²) >= 11 is 7.65. The Morgan fingerprint density at radius 1 is 1.06 bits per heavy atom. The Morgan fingerprint density at radius 3 is 2.46 bits per heavy atom. The number of amides is 1. The Bertz CT molecular complexity index is 1130. The highest BCUT2D eigenvalue weighted by atomic mass is 35.5. The molecule has 1 saturated heterocycles. The highest BCUT2D eigenvalue weighted by Crippen LogP contribution is 2.29. The fourth-order valence-corrected chi connectivity index (χ4v) is 5.15. The third-order valence-corrected chi connectivity index (χ3v) is 7.25. The number of ether oxygens (including phenoxy) is 1. The number of rotatable bonds is 9. The number of esters is 1. The van der Waals surface area contributed by atoms with Crippen molar-refractivity contribution < 1.29 is 14.3 Å². The molecule has 0 atom stereocenters. The van der Waals surface area contributed by atoms with E-state index in [2.05, 4.69) is 10.2 Å². The van der Waals surface area contributed by atoms with E-state index in [-0.39, 0.29) is 17.8 Å². The van der Waals surface area contributed by atoms with Gasteiger partial charge in [-0.2, -0.15) is 0 Å². The first kappa shape index (κ1) is 25.3. The van der Waals surface area contributed by atoms with E-state index in [1.54, 1.807) is 11.8 Å². The average molecular weight is 513 g/mol. The lowest BCUT2D eigenvalue weighted by molar-refractivity contribution is -0.151. The molecule has 9 heteroatoms. The molecule has 3 aromatic rings. The number of likely N-dealkylation sites (tertiary alicyclic amines) is 1. The molecule has 1 aliphatic heterocycles. The Kier molecular flexibility index (Phi) is 8.82. The summed E-state index contributed by atoms with van der Waals surface area (Å²) < 4.78 is 7.15. The summed E-state index contributed by atoms with van der Waals surface area (Å²) in [6.45, 7) is 3.44. The Morgan fingerprint density at radius 2 is 1.77 bits per heavy atom. The first-order chi connectivity index (χ1) is 17.1. The third kappa shape index (κ3) is 6.44. The molecule has 2 heterocycles. The average Bonchev–Trinajstić information content (AvgIpc) is 3.31. The first-order valence-corrected chi connectivity index (χ1v) is 13.3. The van der Waals surface area contributed by atoms with E-state index in [1.807, 2.05) is 71.0 Å². The van der Waals surface area contributed by atoms with Crippen molar-refractivity contribution in [1.82, 2.24) is 19.7 Å². The zero-order valence-corrected chi connectivity index (χ0v) is 21.3. The second-order valence-corrected chi connectivity index (χ2v) is 9.84. The maximum absolute atomic E-state index is 12.7. The lowest BCUT2D eigenvalue weighted by atomic mass is 9.97. The molecule has 2 aromatic carbocycles. The van der Waals surface area contributed by atoms with Gasteiger partial charge in [0.15, 0.2) is 11.0 Å². The monoisotopic (exact) mass is 512 g/mol. The van der Waals surface area contributed by atoms with Gasteiger partial charge in [-0.15, -0.1) is 10.2 Å². The number of piperidine rings is 1. The number of carbonyl (C=O) groups is 2. The number of hydrogen-bond acceptors (Lipinski definition) is 6. The molecule has 0 spiro atoms. The van der Waals surface area contributed by atoms with Gasteiger partial charge in [-0.1, -0.05) is 41.6 Å². The molecule has 1 fully saturated rings. The molecule has 0 radical (unpaired) electrons.